The number of rotatable bonds is 4. The van der Waals surface area contributed by atoms with Gasteiger partial charge in [0.25, 0.3) is 0 Å². The Morgan fingerprint density at radius 3 is 2.33 bits per heavy atom. The van der Waals surface area contributed by atoms with Gasteiger partial charge in [-0.25, -0.2) is 0 Å². The van der Waals surface area contributed by atoms with Crippen molar-refractivity contribution < 1.29 is 4.79 Å². The number of nitrogens with zero attached hydrogens (tertiary/aromatic N) is 1. The number of hydrogen-bond acceptors (Lipinski definition) is 2. The summed E-state index contributed by atoms with van der Waals surface area (Å²) in [5.41, 5.74) is 0. The van der Waals surface area contributed by atoms with E-state index >= 15 is 0 Å². The van der Waals surface area contributed by atoms with Gasteiger partial charge in [-0.2, -0.15) is 0 Å². The Kier molecular flexibility index (Phi) is 3.29. The average Bonchev–Trinajstić information content (AvgIpc) is 2.93. The number of amides is 1. The van der Waals surface area contributed by atoms with Gasteiger partial charge >= 0.3 is 0 Å². The highest BCUT2D eigenvalue weighted by Crippen LogP contribution is 2.27. The number of likely N-dealkylation sites (tertiary alicyclic amines) is 1. The first kappa shape index (κ1) is 10.9. The second-order valence-electron chi connectivity index (χ2n) is 5.15. The third kappa shape index (κ3) is 2.71. The number of carbonyl (C=O) groups excluding carboxylic acids is 1. The Bertz CT molecular complexity index is 228. The van der Waals surface area contributed by atoms with E-state index < -0.39 is 0 Å². The normalized spacial score (nSPS) is 30.9. The molecule has 1 heterocycles. The summed E-state index contributed by atoms with van der Waals surface area (Å²) in [6, 6.07) is 0.880. The molecule has 2 fully saturated rings. The first-order chi connectivity index (χ1) is 7.18. The molecule has 0 aromatic heterocycles. The maximum atomic E-state index is 11.9. The predicted octanol–water partition coefficient (Wildman–Crippen LogP) is 1.39. The zero-order chi connectivity index (χ0) is 10.8. The van der Waals surface area contributed by atoms with Gasteiger partial charge < -0.3 is 10.2 Å². The molecule has 2 atom stereocenters. The van der Waals surface area contributed by atoms with Crippen molar-refractivity contribution in [2.45, 2.75) is 51.6 Å². The third-order valence-electron chi connectivity index (χ3n) is 3.65. The monoisotopic (exact) mass is 210 g/mol. The molecule has 2 aliphatic rings. The third-order valence-corrected chi connectivity index (χ3v) is 3.65. The summed E-state index contributed by atoms with van der Waals surface area (Å²) in [4.78, 5) is 14.0. The summed E-state index contributed by atoms with van der Waals surface area (Å²) in [6.07, 6.45) is 5.01. The molecule has 1 N–H and O–H groups in total. The Morgan fingerprint density at radius 1 is 1.20 bits per heavy atom. The Morgan fingerprint density at radius 2 is 1.80 bits per heavy atom. The number of nitrogens with one attached hydrogen (secondary N) is 1. The van der Waals surface area contributed by atoms with E-state index in [-0.39, 0.29) is 5.91 Å². The topological polar surface area (TPSA) is 32.3 Å². The highest BCUT2D eigenvalue weighted by Gasteiger charge is 2.31. The summed E-state index contributed by atoms with van der Waals surface area (Å²) in [5.74, 6) is 1.14. The molecule has 0 aromatic rings. The van der Waals surface area contributed by atoms with Gasteiger partial charge in [-0.15, -0.1) is 0 Å². The molecule has 0 radical (unpaired) electrons. The molecule has 1 aliphatic carbocycles. The van der Waals surface area contributed by atoms with Crippen molar-refractivity contribution in [3.63, 3.8) is 0 Å². The largest absolute Gasteiger partial charge is 0.336 e. The smallest absolute Gasteiger partial charge is 0.237 e. The van der Waals surface area contributed by atoms with E-state index in [0.717, 1.165) is 25.3 Å². The van der Waals surface area contributed by atoms with Crippen molar-refractivity contribution in [3.05, 3.63) is 0 Å². The summed E-state index contributed by atoms with van der Waals surface area (Å²) in [6.45, 7) is 5.87. The molecule has 1 amide bonds. The summed E-state index contributed by atoms with van der Waals surface area (Å²) < 4.78 is 0. The minimum atomic E-state index is 0.285. The van der Waals surface area contributed by atoms with Crippen LogP contribution in [0.4, 0.5) is 0 Å². The summed E-state index contributed by atoms with van der Waals surface area (Å²) in [5, 5.41) is 3.27. The zero-order valence-corrected chi connectivity index (χ0v) is 9.83. The highest BCUT2D eigenvalue weighted by atomic mass is 16.2. The Hall–Kier alpha value is -0.570. The number of carbonyl (C=O) groups is 1. The second kappa shape index (κ2) is 4.52. The van der Waals surface area contributed by atoms with Crippen LogP contribution in [0.3, 0.4) is 0 Å². The van der Waals surface area contributed by atoms with Crippen LogP contribution in [0.25, 0.3) is 0 Å². The van der Waals surface area contributed by atoms with E-state index in [9.17, 15) is 4.79 Å². The Labute approximate surface area is 92.2 Å². The van der Waals surface area contributed by atoms with E-state index in [1.807, 2.05) is 0 Å². The van der Waals surface area contributed by atoms with Crippen LogP contribution >= 0.6 is 0 Å². The maximum absolute atomic E-state index is 11.9. The van der Waals surface area contributed by atoms with Gasteiger partial charge in [0, 0.05) is 12.1 Å². The fourth-order valence-corrected chi connectivity index (χ4v) is 2.48. The van der Waals surface area contributed by atoms with Crippen molar-refractivity contribution in [1.82, 2.24) is 10.2 Å². The van der Waals surface area contributed by atoms with Crippen LogP contribution in [0.15, 0.2) is 0 Å². The molecule has 0 spiro atoms. The van der Waals surface area contributed by atoms with E-state index in [2.05, 4.69) is 24.1 Å². The van der Waals surface area contributed by atoms with Gasteiger partial charge in [-0.1, -0.05) is 0 Å². The lowest BCUT2D eigenvalue weighted by Gasteiger charge is -2.26. The van der Waals surface area contributed by atoms with Crippen LogP contribution in [0, 0.1) is 5.92 Å². The molecule has 1 saturated heterocycles. The molecule has 0 aromatic carbocycles. The standard InChI is InChI=1S/C12H22N2O/c1-9-3-4-10(2)14(9)12(15)8-13-7-11-5-6-11/h9-11,13H,3-8H2,1-2H3. The molecule has 1 saturated carbocycles. The van der Waals surface area contributed by atoms with E-state index in [0.29, 0.717) is 18.6 Å². The van der Waals surface area contributed by atoms with E-state index in [1.54, 1.807) is 0 Å². The van der Waals surface area contributed by atoms with Gasteiger partial charge in [0.05, 0.1) is 6.54 Å². The zero-order valence-electron chi connectivity index (χ0n) is 9.83. The van der Waals surface area contributed by atoms with Gasteiger partial charge in [-0.05, 0) is 52.0 Å². The van der Waals surface area contributed by atoms with Crippen molar-refractivity contribution in [2.75, 3.05) is 13.1 Å². The molecule has 0 bridgehead atoms. The first-order valence-electron chi connectivity index (χ1n) is 6.20. The minimum absolute atomic E-state index is 0.285. The average molecular weight is 210 g/mol. The van der Waals surface area contributed by atoms with Gasteiger partial charge in [0.15, 0.2) is 0 Å². The molecular formula is C12H22N2O. The van der Waals surface area contributed by atoms with Crippen molar-refractivity contribution >= 4 is 5.91 Å². The van der Waals surface area contributed by atoms with E-state index in [1.165, 1.54) is 12.8 Å². The van der Waals surface area contributed by atoms with Crippen molar-refractivity contribution in [1.29, 1.82) is 0 Å². The lowest BCUT2D eigenvalue weighted by molar-refractivity contribution is -0.132. The van der Waals surface area contributed by atoms with Gasteiger partial charge in [-0.3, -0.25) is 4.79 Å². The molecule has 2 unspecified atom stereocenters. The predicted molar refractivity (Wildman–Crippen MR) is 60.6 cm³/mol. The lowest BCUT2D eigenvalue weighted by atomic mass is 10.2. The fourth-order valence-electron chi connectivity index (χ4n) is 2.48. The van der Waals surface area contributed by atoms with Gasteiger partial charge in [0.2, 0.25) is 5.91 Å². The van der Waals surface area contributed by atoms with Gasteiger partial charge in [0.1, 0.15) is 0 Å². The van der Waals surface area contributed by atoms with E-state index in [4.69, 9.17) is 0 Å². The molecule has 86 valence electrons. The lowest BCUT2D eigenvalue weighted by Crippen LogP contribution is -2.43. The molecule has 3 nitrogen and oxygen atoms in total. The molecule has 3 heteroatoms. The first-order valence-corrected chi connectivity index (χ1v) is 6.20. The second-order valence-corrected chi connectivity index (χ2v) is 5.15. The number of hydrogen-bond donors (Lipinski definition) is 1. The Balaban J connectivity index is 1.73. The molecule has 2 rings (SSSR count). The fraction of sp³-hybridized carbons (Fsp3) is 0.917. The van der Waals surface area contributed by atoms with Crippen LogP contribution in [0.5, 0.6) is 0 Å². The summed E-state index contributed by atoms with van der Waals surface area (Å²) in [7, 11) is 0. The quantitative estimate of drug-likeness (QED) is 0.760. The molecular weight excluding hydrogens is 188 g/mol. The van der Waals surface area contributed by atoms with Crippen LogP contribution in [-0.4, -0.2) is 36.0 Å². The van der Waals surface area contributed by atoms with Crippen LogP contribution < -0.4 is 5.32 Å². The van der Waals surface area contributed by atoms with Crippen molar-refractivity contribution in [2.24, 2.45) is 5.92 Å². The van der Waals surface area contributed by atoms with Crippen molar-refractivity contribution in [3.8, 4) is 0 Å². The van der Waals surface area contributed by atoms with Crippen LogP contribution in [-0.2, 0) is 4.79 Å². The van der Waals surface area contributed by atoms with Crippen LogP contribution in [0.1, 0.15) is 39.5 Å². The minimum Gasteiger partial charge on any atom is -0.336 e. The molecule has 15 heavy (non-hydrogen) atoms. The summed E-state index contributed by atoms with van der Waals surface area (Å²) >= 11 is 0. The maximum Gasteiger partial charge on any atom is 0.237 e. The van der Waals surface area contributed by atoms with Crippen LogP contribution in [0.2, 0.25) is 0 Å². The SMILES string of the molecule is CC1CCC(C)N1C(=O)CNCC1CC1. The highest BCUT2D eigenvalue weighted by molar-refractivity contribution is 5.79. The molecule has 1 aliphatic heterocycles.